The second-order valence-corrected chi connectivity index (χ2v) is 6.14. The molecule has 1 aliphatic heterocycles. The second-order valence-electron chi connectivity index (χ2n) is 6.14. The molecule has 1 heterocycles. The van der Waals surface area contributed by atoms with Crippen molar-refractivity contribution in [3.05, 3.63) is 60.4 Å². The molecule has 0 bridgehead atoms. The molecule has 0 unspecified atom stereocenters. The van der Waals surface area contributed by atoms with Crippen molar-refractivity contribution in [1.82, 2.24) is 4.90 Å². The average molecular weight is 345 g/mol. The van der Waals surface area contributed by atoms with Gasteiger partial charge in [0.25, 0.3) is 5.91 Å². The van der Waals surface area contributed by atoms with Gasteiger partial charge in [-0.2, -0.15) is 0 Å². The predicted molar refractivity (Wildman–Crippen MR) is 90.0 cm³/mol. The van der Waals surface area contributed by atoms with E-state index in [2.05, 4.69) is 0 Å². The highest BCUT2D eigenvalue weighted by Gasteiger charge is 2.39. The molecule has 132 valence electrons. The Morgan fingerprint density at radius 3 is 2.64 bits per heavy atom. The van der Waals surface area contributed by atoms with E-state index >= 15 is 0 Å². The van der Waals surface area contributed by atoms with Crippen molar-refractivity contribution in [2.24, 2.45) is 0 Å². The summed E-state index contributed by atoms with van der Waals surface area (Å²) in [5.41, 5.74) is -1.14. The first kappa shape index (κ1) is 17.2. The fourth-order valence-corrected chi connectivity index (χ4v) is 2.71. The Hall–Kier alpha value is -2.60. The maximum Gasteiger partial charge on any atom is 0.260 e. The number of hydrogen-bond acceptors (Lipinski definition) is 4. The van der Waals surface area contributed by atoms with Gasteiger partial charge in [0, 0.05) is 12.6 Å². The summed E-state index contributed by atoms with van der Waals surface area (Å²) in [6.07, 6.45) is 0.402. The maximum absolute atomic E-state index is 13.1. The first-order chi connectivity index (χ1) is 12.0. The van der Waals surface area contributed by atoms with Crippen molar-refractivity contribution in [3.63, 3.8) is 0 Å². The van der Waals surface area contributed by atoms with Crippen LogP contribution in [0.15, 0.2) is 54.6 Å². The van der Waals surface area contributed by atoms with Gasteiger partial charge in [-0.05, 0) is 30.7 Å². The third-order valence-corrected chi connectivity index (χ3v) is 4.09. The predicted octanol–water partition coefficient (Wildman–Crippen LogP) is 2.25. The third kappa shape index (κ3) is 4.70. The topological polar surface area (TPSA) is 59.0 Å². The van der Waals surface area contributed by atoms with E-state index in [4.69, 9.17) is 9.47 Å². The number of rotatable bonds is 6. The van der Waals surface area contributed by atoms with Gasteiger partial charge in [0.2, 0.25) is 0 Å². The Morgan fingerprint density at radius 1 is 1.12 bits per heavy atom. The zero-order chi connectivity index (χ0) is 17.7. The Balaban J connectivity index is 1.49. The van der Waals surface area contributed by atoms with Gasteiger partial charge in [0.1, 0.15) is 29.5 Å². The van der Waals surface area contributed by atoms with Gasteiger partial charge in [-0.25, -0.2) is 4.39 Å². The van der Waals surface area contributed by atoms with E-state index in [1.807, 2.05) is 18.2 Å². The number of nitrogens with zero attached hydrogens (tertiary/aromatic N) is 1. The average Bonchev–Trinajstić information content (AvgIpc) is 3.02. The standard InChI is InChI=1S/C19H20FNO4/c20-15-5-4-8-17(11-15)25-14-19(23)9-10-21(13-19)18(22)12-24-16-6-2-1-3-7-16/h1-8,11,23H,9-10,12-14H2/t19-/m1/s1. The number of likely N-dealkylation sites (tertiary alicyclic amines) is 1. The number of β-amino-alcohol motifs (C(OH)–C–C–N with tert-alkyl or cyclic N) is 1. The lowest BCUT2D eigenvalue weighted by molar-refractivity contribution is -0.133. The maximum atomic E-state index is 13.1. The molecule has 1 atom stereocenters. The van der Waals surface area contributed by atoms with E-state index in [1.165, 1.54) is 12.1 Å². The molecule has 0 spiro atoms. The number of ether oxygens (including phenoxy) is 2. The number of para-hydroxylation sites is 1. The van der Waals surface area contributed by atoms with Crippen LogP contribution in [0.3, 0.4) is 0 Å². The molecule has 1 amide bonds. The summed E-state index contributed by atoms with van der Waals surface area (Å²) in [5, 5.41) is 10.6. The van der Waals surface area contributed by atoms with E-state index in [-0.39, 0.29) is 25.7 Å². The molecule has 6 heteroatoms. The third-order valence-electron chi connectivity index (χ3n) is 4.09. The Bertz CT molecular complexity index is 724. The van der Waals surface area contributed by atoms with Crippen LogP contribution in [0.5, 0.6) is 11.5 Å². The number of carbonyl (C=O) groups is 1. The lowest BCUT2D eigenvalue weighted by Gasteiger charge is -2.23. The molecule has 2 aromatic rings. The van der Waals surface area contributed by atoms with Crippen LogP contribution in [-0.4, -0.2) is 47.8 Å². The van der Waals surface area contributed by atoms with Gasteiger partial charge >= 0.3 is 0 Å². The number of amides is 1. The van der Waals surface area contributed by atoms with Gasteiger partial charge in [-0.1, -0.05) is 24.3 Å². The fourth-order valence-electron chi connectivity index (χ4n) is 2.71. The van der Waals surface area contributed by atoms with Crippen molar-refractivity contribution in [1.29, 1.82) is 0 Å². The molecule has 1 fully saturated rings. The van der Waals surface area contributed by atoms with Gasteiger partial charge in [-0.3, -0.25) is 4.79 Å². The summed E-state index contributed by atoms with van der Waals surface area (Å²) >= 11 is 0. The summed E-state index contributed by atoms with van der Waals surface area (Å²) in [7, 11) is 0. The molecule has 1 aliphatic rings. The van der Waals surface area contributed by atoms with Crippen molar-refractivity contribution >= 4 is 5.91 Å². The van der Waals surface area contributed by atoms with Crippen molar-refractivity contribution in [2.75, 3.05) is 26.3 Å². The summed E-state index contributed by atoms with van der Waals surface area (Å²) in [4.78, 5) is 13.8. The SMILES string of the molecule is O=C(COc1ccccc1)N1CC[C@](O)(COc2cccc(F)c2)C1. The van der Waals surface area contributed by atoms with Crippen LogP contribution in [0.4, 0.5) is 4.39 Å². The van der Waals surface area contributed by atoms with Crippen LogP contribution in [-0.2, 0) is 4.79 Å². The molecule has 0 radical (unpaired) electrons. The normalized spacial score (nSPS) is 19.7. The van der Waals surface area contributed by atoms with Gasteiger partial charge in [-0.15, -0.1) is 0 Å². The van der Waals surface area contributed by atoms with E-state index in [0.717, 1.165) is 0 Å². The van der Waals surface area contributed by atoms with Crippen molar-refractivity contribution in [3.8, 4) is 11.5 Å². The van der Waals surface area contributed by atoms with Gasteiger partial charge in [0.05, 0.1) is 6.54 Å². The largest absolute Gasteiger partial charge is 0.490 e. The van der Waals surface area contributed by atoms with Crippen LogP contribution < -0.4 is 9.47 Å². The summed E-state index contributed by atoms with van der Waals surface area (Å²) in [6, 6.07) is 14.8. The highest BCUT2D eigenvalue weighted by Crippen LogP contribution is 2.23. The molecule has 0 aromatic heterocycles. The van der Waals surface area contributed by atoms with E-state index in [1.54, 1.807) is 29.2 Å². The number of halogens is 1. The summed E-state index contributed by atoms with van der Waals surface area (Å²) < 4.78 is 24.1. The zero-order valence-corrected chi connectivity index (χ0v) is 13.7. The van der Waals surface area contributed by atoms with Gasteiger partial charge in [0.15, 0.2) is 6.61 Å². The zero-order valence-electron chi connectivity index (χ0n) is 13.7. The van der Waals surface area contributed by atoms with Gasteiger partial charge < -0.3 is 19.5 Å². The van der Waals surface area contributed by atoms with Crippen LogP contribution in [0.25, 0.3) is 0 Å². The monoisotopic (exact) mass is 345 g/mol. The first-order valence-electron chi connectivity index (χ1n) is 8.10. The molecular formula is C19H20FNO4. The van der Waals surface area contributed by atoms with Crippen LogP contribution in [0, 0.1) is 5.82 Å². The van der Waals surface area contributed by atoms with Crippen LogP contribution in [0.2, 0.25) is 0 Å². The molecule has 1 saturated heterocycles. The lowest BCUT2D eigenvalue weighted by Crippen LogP contribution is -2.41. The minimum absolute atomic E-state index is 0.000222. The van der Waals surface area contributed by atoms with Crippen molar-refractivity contribution < 1.29 is 23.8 Å². The molecule has 5 nitrogen and oxygen atoms in total. The lowest BCUT2D eigenvalue weighted by atomic mass is 10.1. The molecule has 1 N–H and O–H groups in total. The first-order valence-corrected chi connectivity index (χ1v) is 8.10. The number of aliphatic hydroxyl groups is 1. The van der Waals surface area contributed by atoms with Crippen molar-refractivity contribution in [2.45, 2.75) is 12.0 Å². The quantitative estimate of drug-likeness (QED) is 0.872. The Kier molecular flexibility index (Phi) is 5.19. The Labute approximate surface area is 145 Å². The molecule has 0 aliphatic carbocycles. The number of carbonyl (C=O) groups excluding carboxylic acids is 1. The second kappa shape index (κ2) is 7.53. The van der Waals surface area contributed by atoms with E-state index in [0.29, 0.717) is 24.5 Å². The molecular weight excluding hydrogens is 325 g/mol. The van der Waals surface area contributed by atoms with Crippen LogP contribution >= 0.6 is 0 Å². The Morgan fingerprint density at radius 2 is 1.88 bits per heavy atom. The minimum Gasteiger partial charge on any atom is -0.490 e. The minimum atomic E-state index is -1.14. The number of benzene rings is 2. The summed E-state index contributed by atoms with van der Waals surface area (Å²) in [5.74, 6) is 0.390. The van der Waals surface area contributed by atoms with Crippen LogP contribution in [0.1, 0.15) is 6.42 Å². The molecule has 2 aromatic carbocycles. The number of hydrogen-bond donors (Lipinski definition) is 1. The molecule has 0 saturated carbocycles. The molecule has 25 heavy (non-hydrogen) atoms. The summed E-state index contributed by atoms with van der Waals surface area (Å²) in [6.45, 7) is 0.518. The van der Waals surface area contributed by atoms with E-state index in [9.17, 15) is 14.3 Å². The highest BCUT2D eigenvalue weighted by molar-refractivity contribution is 5.78. The smallest absolute Gasteiger partial charge is 0.260 e. The highest BCUT2D eigenvalue weighted by atomic mass is 19.1. The molecule has 3 rings (SSSR count). The van der Waals surface area contributed by atoms with E-state index < -0.39 is 11.4 Å². The fraction of sp³-hybridized carbons (Fsp3) is 0.316.